The smallest absolute Gasteiger partial charge is 0.410 e. The van der Waals surface area contributed by atoms with Crippen LogP contribution in [0.1, 0.15) is 43.0 Å². The van der Waals surface area contributed by atoms with E-state index in [4.69, 9.17) is 4.74 Å². The van der Waals surface area contributed by atoms with E-state index in [9.17, 15) is 4.79 Å². The van der Waals surface area contributed by atoms with Crippen LogP contribution < -0.4 is 0 Å². The molecule has 3 rings (SSSR count). The third-order valence-corrected chi connectivity index (χ3v) is 4.84. The number of benzene rings is 2. The molecule has 0 spiro atoms. The Hall–Kier alpha value is -2.77. The van der Waals surface area contributed by atoms with E-state index in [1.165, 1.54) is 11.1 Å². The Kier molecular flexibility index (Phi) is 6.61. The van der Waals surface area contributed by atoms with Gasteiger partial charge in [-0.2, -0.15) is 0 Å². The van der Waals surface area contributed by atoms with E-state index in [2.05, 4.69) is 60.1 Å². The normalized spacial score (nSPS) is 14.8. The van der Waals surface area contributed by atoms with Crippen molar-refractivity contribution in [2.75, 3.05) is 26.2 Å². The van der Waals surface area contributed by atoms with Crippen LogP contribution in [-0.4, -0.2) is 47.7 Å². The topological polar surface area (TPSA) is 32.8 Å². The van der Waals surface area contributed by atoms with E-state index in [1.54, 1.807) is 4.90 Å². The lowest BCUT2D eigenvalue weighted by Crippen LogP contribution is -2.49. The highest BCUT2D eigenvalue weighted by Gasteiger charge is 2.25. The lowest BCUT2D eigenvalue weighted by Gasteiger charge is -2.35. The maximum Gasteiger partial charge on any atom is 0.410 e. The molecule has 1 fully saturated rings. The Bertz CT molecular complexity index is 910. The second kappa shape index (κ2) is 9.15. The molecule has 0 atom stereocenters. The predicted molar refractivity (Wildman–Crippen MR) is 117 cm³/mol. The minimum Gasteiger partial charge on any atom is -0.444 e. The number of hydrogen-bond acceptors (Lipinski definition) is 3. The summed E-state index contributed by atoms with van der Waals surface area (Å²) in [5.74, 6) is 6.56. The van der Waals surface area contributed by atoms with E-state index in [-0.39, 0.29) is 6.09 Å². The van der Waals surface area contributed by atoms with Gasteiger partial charge in [-0.1, -0.05) is 42.2 Å². The maximum absolute atomic E-state index is 12.2. The van der Waals surface area contributed by atoms with Crippen molar-refractivity contribution in [3.63, 3.8) is 0 Å². The number of piperazine rings is 1. The molecule has 1 saturated heterocycles. The molecule has 29 heavy (non-hydrogen) atoms. The largest absolute Gasteiger partial charge is 0.444 e. The standard InChI is InChI=1S/C25H30N2O2/c1-20-8-5-6-11-23(20)13-12-21-9-7-10-22(18-21)19-26-14-16-27(17-15-26)24(28)29-25(2,3)4/h5-11,18H,14-17,19H2,1-4H3. The molecule has 1 aliphatic rings. The van der Waals surface area contributed by atoms with E-state index in [0.29, 0.717) is 13.1 Å². The first-order chi connectivity index (χ1) is 13.8. The summed E-state index contributed by atoms with van der Waals surface area (Å²) in [4.78, 5) is 16.4. The van der Waals surface area contributed by atoms with Crippen molar-refractivity contribution in [2.24, 2.45) is 0 Å². The van der Waals surface area contributed by atoms with Crippen molar-refractivity contribution in [2.45, 2.75) is 39.8 Å². The molecule has 0 aromatic heterocycles. The number of ether oxygens (including phenoxy) is 1. The van der Waals surface area contributed by atoms with Crippen LogP contribution >= 0.6 is 0 Å². The van der Waals surface area contributed by atoms with Crippen LogP contribution in [0.5, 0.6) is 0 Å². The van der Waals surface area contributed by atoms with Gasteiger partial charge in [0.1, 0.15) is 5.60 Å². The molecule has 1 amide bonds. The Labute approximate surface area is 174 Å². The first-order valence-electron chi connectivity index (χ1n) is 10.2. The van der Waals surface area contributed by atoms with Crippen molar-refractivity contribution in [3.8, 4) is 11.8 Å². The van der Waals surface area contributed by atoms with Gasteiger partial charge in [-0.3, -0.25) is 4.90 Å². The average Bonchev–Trinajstić information content (AvgIpc) is 2.67. The number of amides is 1. The molecule has 4 nitrogen and oxygen atoms in total. The van der Waals surface area contributed by atoms with E-state index in [1.807, 2.05) is 32.9 Å². The van der Waals surface area contributed by atoms with E-state index < -0.39 is 5.60 Å². The Morgan fingerprint density at radius 2 is 1.72 bits per heavy atom. The Balaban J connectivity index is 1.57. The monoisotopic (exact) mass is 390 g/mol. The fourth-order valence-electron chi connectivity index (χ4n) is 3.27. The first kappa shape index (κ1) is 21.0. The van der Waals surface area contributed by atoms with Gasteiger partial charge in [0.15, 0.2) is 0 Å². The van der Waals surface area contributed by atoms with Gasteiger partial charge in [0.05, 0.1) is 0 Å². The van der Waals surface area contributed by atoms with Crippen molar-refractivity contribution < 1.29 is 9.53 Å². The van der Waals surface area contributed by atoms with Crippen LogP contribution in [0.15, 0.2) is 48.5 Å². The molecule has 2 aromatic carbocycles. The average molecular weight is 391 g/mol. The molecule has 0 saturated carbocycles. The summed E-state index contributed by atoms with van der Waals surface area (Å²) in [6.07, 6.45) is -0.217. The van der Waals surface area contributed by atoms with Crippen LogP contribution in [-0.2, 0) is 11.3 Å². The van der Waals surface area contributed by atoms with Crippen molar-refractivity contribution in [1.82, 2.24) is 9.80 Å². The summed E-state index contributed by atoms with van der Waals surface area (Å²) in [5, 5.41) is 0. The van der Waals surface area contributed by atoms with Gasteiger partial charge < -0.3 is 9.64 Å². The van der Waals surface area contributed by atoms with Crippen LogP contribution in [0.2, 0.25) is 0 Å². The molecule has 0 N–H and O–H groups in total. The lowest BCUT2D eigenvalue weighted by atomic mass is 10.1. The molecule has 152 valence electrons. The maximum atomic E-state index is 12.2. The van der Waals surface area contributed by atoms with Gasteiger partial charge in [0, 0.05) is 43.9 Å². The second-order valence-electron chi connectivity index (χ2n) is 8.51. The zero-order chi connectivity index (χ0) is 20.9. The third-order valence-electron chi connectivity index (χ3n) is 4.84. The fraction of sp³-hybridized carbons (Fsp3) is 0.400. The van der Waals surface area contributed by atoms with Gasteiger partial charge in [0.2, 0.25) is 0 Å². The molecule has 2 aromatic rings. The van der Waals surface area contributed by atoms with Crippen molar-refractivity contribution >= 4 is 6.09 Å². The van der Waals surface area contributed by atoms with Gasteiger partial charge in [-0.05, 0) is 57.0 Å². The summed E-state index contributed by atoms with van der Waals surface area (Å²) in [6, 6.07) is 16.6. The quantitative estimate of drug-likeness (QED) is 0.711. The number of rotatable bonds is 2. The van der Waals surface area contributed by atoms with Crippen LogP contribution in [0.25, 0.3) is 0 Å². The minimum absolute atomic E-state index is 0.217. The lowest BCUT2D eigenvalue weighted by molar-refractivity contribution is 0.0139. The van der Waals surface area contributed by atoms with Crippen LogP contribution in [0.4, 0.5) is 4.79 Å². The first-order valence-corrected chi connectivity index (χ1v) is 10.2. The van der Waals surface area contributed by atoms with E-state index in [0.717, 1.165) is 30.8 Å². The summed E-state index contributed by atoms with van der Waals surface area (Å²) in [5.41, 5.74) is 4.08. The van der Waals surface area contributed by atoms with Crippen molar-refractivity contribution in [1.29, 1.82) is 0 Å². The third kappa shape index (κ3) is 6.37. The number of hydrogen-bond donors (Lipinski definition) is 0. The summed E-state index contributed by atoms with van der Waals surface area (Å²) in [6.45, 7) is 11.7. The number of nitrogens with zero attached hydrogens (tertiary/aromatic N) is 2. The Morgan fingerprint density at radius 3 is 2.41 bits per heavy atom. The zero-order valence-electron chi connectivity index (χ0n) is 17.9. The highest BCUT2D eigenvalue weighted by atomic mass is 16.6. The fourth-order valence-corrected chi connectivity index (χ4v) is 3.27. The highest BCUT2D eigenvalue weighted by molar-refractivity contribution is 5.68. The van der Waals surface area contributed by atoms with Gasteiger partial charge in [-0.25, -0.2) is 4.79 Å². The zero-order valence-corrected chi connectivity index (χ0v) is 17.9. The number of aryl methyl sites for hydroxylation is 1. The molecule has 4 heteroatoms. The van der Waals surface area contributed by atoms with Gasteiger partial charge in [0.25, 0.3) is 0 Å². The summed E-state index contributed by atoms with van der Waals surface area (Å²) in [7, 11) is 0. The Morgan fingerprint density at radius 1 is 1.00 bits per heavy atom. The van der Waals surface area contributed by atoms with Gasteiger partial charge in [-0.15, -0.1) is 0 Å². The van der Waals surface area contributed by atoms with Crippen molar-refractivity contribution in [3.05, 3.63) is 70.8 Å². The molecular weight excluding hydrogens is 360 g/mol. The molecule has 0 unspecified atom stereocenters. The highest BCUT2D eigenvalue weighted by Crippen LogP contribution is 2.14. The molecule has 1 heterocycles. The molecule has 1 aliphatic heterocycles. The van der Waals surface area contributed by atoms with E-state index >= 15 is 0 Å². The molecule has 0 bridgehead atoms. The van der Waals surface area contributed by atoms with Crippen LogP contribution in [0, 0.1) is 18.8 Å². The van der Waals surface area contributed by atoms with Gasteiger partial charge >= 0.3 is 6.09 Å². The second-order valence-corrected chi connectivity index (χ2v) is 8.51. The molecule has 0 aliphatic carbocycles. The SMILES string of the molecule is Cc1ccccc1C#Cc1cccc(CN2CCN(C(=O)OC(C)(C)C)CC2)c1. The molecule has 0 radical (unpaired) electrons. The molecular formula is C25H30N2O2. The minimum atomic E-state index is -0.450. The summed E-state index contributed by atoms with van der Waals surface area (Å²) < 4.78 is 5.47. The predicted octanol–water partition coefficient (Wildman–Crippen LogP) is 4.45. The number of carbonyl (C=O) groups excluding carboxylic acids is 1. The number of carbonyl (C=O) groups is 1. The summed E-state index contributed by atoms with van der Waals surface area (Å²) >= 11 is 0. The van der Waals surface area contributed by atoms with Crippen LogP contribution in [0.3, 0.4) is 0 Å².